The van der Waals surface area contributed by atoms with Crippen molar-refractivity contribution in [3.05, 3.63) is 83.7 Å². The molecule has 3 aromatic rings. The highest BCUT2D eigenvalue weighted by molar-refractivity contribution is 6.51. The summed E-state index contributed by atoms with van der Waals surface area (Å²) in [5.74, 6) is -1.15. The predicted octanol–water partition coefficient (Wildman–Crippen LogP) is 4.21. The van der Waals surface area contributed by atoms with Crippen LogP contribution in [0.1, 0.15) is 31.0 Å². The van der Waals surface area contributed by atoms with Gasteiger partial charge < -0.3 is 19.7 Å². The van der Waals surface area contributed by atoms with Crippen LogP contribution in [0.5, 0.6) is 17.2 Å². The summed E-state index contributed by atoms with van der Waals surface area (Å²) in [7, 11) is 0. The minimum atomic E-state index is -0.953. The molecular formula is C26H24N2O6. The molecule has 0 aliphatic carbocycles. The number of anilines is 1. The van der Waals surface area contributed by atoms with Gasteiger partial charge in [-0.2, -0.15) is 0 Å². The van der Waals surface area contributed by atoms with Crippen molar-refractivity contribution in [1.82, 2.24) is 4.98 Å². The maximum atomic E-state index is 13.2. The van der Waals surface area contributed by atoms with Gasteiger partial charge in [-0.3, -0.25) is 19.5 Å². The molecule has 0 radical (unpaired) electrons. The number of phenolic OH excluding ortho intramolecular Hbond substituents is 1. The van der Waals surface area contributed by atoms with Crippen molar-refractivity contribution < 1.29 is 29.3 Å². The summed E-state index contributed by atoms with van der Waals surface area (Å²) in [6.45, 7) is 4.45. The van der Waals surface area contributed by atoms with E-state index in [1.165, 1.54) is 23.4 Å². The molecule has 1 fully saturated rings. The van der Waals surface area contributed by atoms with E-state index in [4.69, 9.17) is 9.47 Å². The number of nitrogens with zero attached hydrogens (tertiary/aromatic N) is 2. The third-order valence-corrected chi connectivity index (χ3v) is 5.42. The number of amides is 1. The van der Waals surface area contributed by atoms with Gasteiger partial charge in [0.2, 0.25) is 0 Å². The Morgan fingerprint density at radius 3 is 2.29 bits per heavy atom. The van der Waals surface area contributed by atoms with E-state index in [0.717, 1.165) is 0 Å². The number of rotatable bonds is 7. The lowest BCUT2D eigenvalue weighted by Gasteiger charge is -2.26. The molecule has 1 unspecified atom stereocenters. The number of ketones is 1. The zero-order valence-electron chi connectivity index (χ0n) is 18.8. The van der Waals surface area contributed by atoms with E-state index in [2.05, 4.69) is 4.98 Å². The van der Waals surface area contributed by atoms with Crippen LogP contribution in [-0.4, -0.2) is 40.1 Å². The molecule has 1 amide bonds. The quantitative estimate of drug-likeness (QED) is 0.309. The average Bonchev–Trinajstić information content (AvgIpc) is 3.12. The molecular weight excluding hydrogens is 436 g/mol. The molecule has 1 aromatic heterocycles. The Labute approximate surface area is 196 Å². The number of aromatic nitrogens is 1. The SMILES string of the molecule is CCOc1ccc(N2C(=O)C(=O)/C(=C(\O)c3ccncc3)C2c2ccc(O)c(OCC)c2)cc1. The van der Waals surface area contributed by atoms with Crippen molar-refractivity contribution in [1.29, 1.82) is 0 Å². The fourth-order valence-electron chi connectivity index (χ4n) is 3.92. The van der Waals surface area contributed by atoms with Crippen molar-refractivity contribution in [2.75, 3.05) is 18.1 Å². The summed E-state index contributed by atoms with van der Waals surface area (Å²) >= 11 is 0. The van der Waals surface area contributed by atoms with Gasteiger partial charge in [-0.1, -0.05) is 6.07 Å². The van der Waals surface area contributed by atoms with Crippen LogP contribution < -0.4 is 14.4 Å². The van der Waals surface area contributed by atoms with Gasteiger partial charge in [0.1, 0.15) is 11.5 Å². The lowest BCUT2D eigenvalue weighted by Crippen LogP contribution is -2.29. The maximum Gasteiger partial charge on any atom is 0.300 e. The summed E-state index contributed by atoms with van der Waals surface area (Å²) in [5, 5.41) is 21.3. The Hall–Kier alpha value is -4.33. The van der Waals surface area contributed by atoms with Gasteiger partial charge in [0, 0.05) is 23.6 Å². The zero-order chi connectivity index (χ0) is 24.2. The lowest BCUT2D eigenvalue weighted by molar-refractivity contribution is -0.132. The van der Waals surface area contributed by atoms with Crippen molar-refractivity contribution in [3.63, 3.8) is 0 Å². The van der Waals surface area contributed by atoms with Crippen LogP contribution in [-0.2, 0) is 9.59 Å². The number of ether oxygens (including phenoxy) is 2. The minimum Gasteiger partial charge on any atom is -0.507 e. The Morgan fingerprint density at radius 2 is 1.65 bits per heavy atom. The molecule has 0 spiro atoms. The van der Waals surface area contributed by atoms with E-state index < -0.39 is 17.7 Å². The van der Waals surface area contributed by atoms with E-state index in [0.29, 0.717) is 35.8 Å². The fraction of sp³-hybridized carbons (Fsp3) is 0.192. The highest BCUT2D eigenvalue weighted by Gasteiger charge is 2.47. The predicted molar refractivity (Wildman–Crippen MR) is 126 cm³/mol. The number of benzene rings is 2. The third kappa shape index (κ3) is 4.17. The highest BCUT2D eigenvalue weighted by Crippen LogP contribution is 2.44. The minimum absolute atomic E-state index is 0.0711. The second-order valence-corrected chi connectivity index (χ2v) is 7.49. The summed E-state index contributed by atoms with van der Waals surface area (Å²) in [4.78, 5) is 31.7. The maximum absolute atomic E-state index is 13.2. The molecule has 0 saturated carbocycles. The van der Waals surface area contributed by atoms with Crippen LogP contribution in [0.3, 0.4) is 0 Å². The van der Waals surface area contributed by atoms with Crippen molar-refractivity contribution in [3.8, 4) is 17.2 Å². The van der Waals surface area contributed by atoms with Crippen LogP contribution in [0.2, 0.25) is 0 Å². The highest BCUT2D eigenvalue weighted by atomic mass is 16.5. The monoisotopic (exact) mass is 460 g/mol. The molecule has 4 rings (SSSR count). The molecule has 174 valence electrons. The normalized spacial score (nSPS) is 17.1. The number of phenols is 1. The lowest BCUT2D eigenvalue weighted by atomic mass is 9.95. The molecule has 2 aromatic carbocycles. The topological polar surface area (TPSA) is 109 Å². The van der Waals surface area contributed by atoms with Crippen molar-refractivity contribution in [2.24, 2.45) is 0 Å². The number of carbonyl (C=O) groups excluding carboxylic acids is 2. The van der Waals surface area contributed by atoms with Gasteiger partial charge in [-0.15, -0.1) is 0 Å². The average molecular weight is 460 g/mol. The summed E-state index contributed by atoms with van der Waals surface area (Å²) in [6.07, 6.45) is 2.97. The summed E-state index contributed by atoms with van der Waals surface area (Å²) in [5.41, 5.74) is 1.23. The first-order chi connectivity index (χ1) is 16.5. The molecule has 2 N–H and O–H groups in total. The van der Waals surface area contributed by atoms with Crippen LogP contribution >= 0.6 is 0 Å². The number of aliphatic hydroxyl groups is 1. The summed E-state index contributed by atoms with van der Waals surface area (Å²) in [6, 6.07) is 13.5. The molecule has 1 aliphatic rings. The molecule has 1 aliphatic heterocycles. The van der Waals surface area contributed by atoms with Crippen LogP contribution in [0, 0.1) is 0 Å². The molecule has 2 heterocycles. The second-order valence-electron chi connectivity index (χ2n) is 7.49. The molecule has 1 saturated heterocycles. The van der Waals surface area contributed by atoms with Gasteiger partial charge >= 0.3 is 0 Å². The summed E-state index contributed by atoms with van der Waals surface area (Å²) < 4.78 is 11.0. The van der Waals surface area contributed by atoms with Gasteiger partial charge in [0.05, 0.1) is 24.8 Å². The van der Waals surface area contributed by atoms with Crippen LogP contribution in [0.15, 0.2) is 72.6 Å². The Kier molecular flexibility index (Phi) is 6.49. The number of hydrogen-bond acceptors (Lipinski definition) is 7. The molecule has 8 nitrogen and oxygen atoms in total. The smallest absolute Gasteiger partial charge is 0.300 e. The number of aromatic hydroxyl groups is 1. The first kappa shape index (κ1) is 22.8. The zero-order valence-corrected chi connectivity index (χ0v) is 18.8. The first-order valence-corrected chi connectivity index (χ1v) is 10.9. The van der Waals surface area contributed by atoms with Gasteiger partial charge in [0.25, 0.3) is 11.7 Å². The Balaban J connectivity index is 1.91. The largest absolute Gasteiger partial charge is 0.507 e. The van der Waals surface area contributed by atoms with Crippen LogP contribution in [0.4, 0.5) is 5.69 Å². The number of Topliss-reactive ketones (excluding diaryl/α,β-unsaturated/α-hetero) is 1. The third-order valence-electron chi connectivity index (χ3n) is 5.42. The fourth-order valence-corrected chi connectivity index (χ4v) is 3.92. The first-order valence-electron chi connectivity index (χ1n) is 10.9. The van der Waals surface area contributed by atoms with E-state index in [1.54, 1.807) is 55.5 Å². The number of hydrogen-bond donors (Lipinski definition) is 2. The van der Waals surface area contributed by atoms with Gasteiger partial charge in [-0.25, -0.2) is 0 Å². The number of carbonyl (C=O) groups is 2. The van der Waals surface area contributed by atoms with Gasteiger partial charge in [-0.05, 0) is 67.9 Å². The van der Waals surface area contributed by atoms with Crippen molar-refractivity contribution in [2.45, 2.75) is 19.9 Å². The van der Waals surface area contributed by atoms with Crippen molar-refractivity contribution >= 4 is 23.1 Å². The Morgan fingerprint density at radius 1 is 0.971 bits per heavy atom. The number of aliphatic hydroxyl groups excluding tert-OH is 1. The van der Waals surface area contributed by atoms with E-state index in [9.17, 15) is 19.8 Å². The molecule has 34 heavy (non-hydrogen) atoms. The van der Waals surface area contributed by atoms with Gasteiger partial charge in [0.15, 0.2) is 11.5 Å². The van der Waals surface area contributed by atoms with E-state index >= 15 is 0 Å². The van der Waals surface area contributed by atoms with E-state index in [1.807, 2.05) is 6.92 Å². The molecule has 0 bridgehead atoms. The standard InChI is InChI=1S/C26H24N2O6/c1-3-33-19-8-6-18(7-9-19)28-23(17-5-10-20(29)21(15-17)34-4-2)22(25(31)26(28)32)24(30)16-11-13-27-14-12-16/h5-15,23,29-30H,3-4H2,1-2H3/b24-22-. The second kappa shape index (κ2) is 9.66. The Bertz CT molecular complexity index is 1240. The van der Waals surface area contributed by atoms with Crippen LogP contribution in [0.25, 0.3) is 5.76 Å². The molecule has 1 atom stereocenters. The van der Waals surface area contributed by atoms with E-state index in [-0.39, 0.29) is 22.8 Å². The molecule has 8 heteroatoms. The number of pyridine rings is 1.